The standard InChI is InChI=1S/C14H10N2O5/c17-11-14(20,12(18)16-13(19)15-11)10-7-6-9(21-10)8-4-2-1-3-5-8/h1-7,20H,(H2,15,16,17,18,19). The molecule has 1 saturated heterocycles. The van der Waals surface area contributed by atoms with Crippen LogP contribution in [0.15, 0.2) is 46.9 Å². The number of barbiturate groups is 1. The van der Waals surface area contributed by atoms with Crippen LogP contribution in [-0.4, -0.2) is 23.0 Å². The van der Waals surface area contributed by atoms with Crippen molar-refractivity contribution < 1.29 is 23.9 Å². The number of imide groups is 2. The Balaban J connectivity index is 2.01. The van der Waals surface area contributed by atoms with Gasteiger partial charge in [-0.25, -0.2) is 4.79 Å². The van der Waals surface area contributed by atoms with Gasteiger partial charge in [0.15, 0.2) is 5.76 Å². The van der Waals surface area contributed by atoms with E-state index in [0.29, 0.717) is 5.76 Å². The second-order valence-corrected chi connectivity index (χ2v) is 4.48. The molecule has 0 aliphatic carbocycles. The minimum absolute atomic E-state index is 0.260. The maximum Gasteiger partial charge on any atom is 0.328 e. The lowest BCUT2D eigenvalue weighted by molar-refractivity contribution is -0.157. The quantitative estimate of drug-likeness (QED) is 0.697. The van der Waals surface area contributed by atoms with Crippen LogP contribution in [-0.2, 0) is 15.2 Å². The minimum atomic E-state index is -2.57. The Labute approximate surface area is 118 Å². The van der Waals surface area contributed by atoms with Gasteiger partial charge in [0.05, 0.1) is 0 Å². The van der Waals surface area contributed by atoms with Crippen molar-refractivity contribution >= 4 is 17.8 Å². The van der Waals surface area contributed by atoms with Gasteiger partial charge >= 0.3 is 6.03 Å². The largest absolute Gasteiger partial charge is 0.457 e. The van der Waals surface area contributed by atoms with Gasteiger partial charge in [0, 0.05) is 5.56 Å². The molecule has 0 atom stereocenters. The molecule has 1 aliphatic rings. The summed E-state index contributed by atoms with van der Waals surface area (Å²) in [6, 6.07) is 10.8. The smallest absolute Gasteiger partial charge is 0.328 e. The summed E-state index contributed by atoms with van der Waals surface area (Å²) in [6.45, 7) is 0. The molecule has 21 heavy (non-hydrogen) atoms. The van der Waals surface area contributed by atoms with Gasteiger partial charge in [0.2, 0.25) is 0 Å². The van der Waals surface area contributed by atoms with Crippen LogP contribution in [0.3, 0.4) is 0 Å². The normalized spacial score (nSPS) is 17.3. The molecule has 0 saturated carbocycles. The first-order chi connectivity index (χ1) is 10.0. The lowest BCUT2D eigenvalue weighted by Gasteiger charge is -2.26. The Kier molecular flexibility index (Phi) is 2.84. The Morgan fingerprint density at radius 3 is 2.14 bits per heavy atom. The summed E-state index contributed by atoms with van der Waals surface area (Å²) in [7, 11) is 0. The first-order valence-electron chi connectivity index (χ1n) is 6.07. The van der Waals surface area contributed by atoms with E-state index in [1.165, 1.54) is 12.1 Å². The van der Waals surface area contributed by atoms with E-state index < -0.39 is 23.4 Å². The minimum Gasteiger partial charge on any atom is -0.457 e. The zero-order valence-corrected chi connectivity index (χ0v) is 10.6. The van der Waals surface area contributed by atoms with Crippen LogP contribution in [0.25, 0.3) is 11.3 Å². The molecule has 1 aromatic heterocycles. The van der Waals surface area contributed by atoms with E-state index in [-0.39, 0.29) is 5.76 Å². The predicted molar refractivity (Wildman–Crippen MR) is 69.7 cm³/mol. The van der Waals surface area contributed by atoms with E-state index in [1.54, 1.807) is 24.3 Å². The zero-order valence-electron chi connectivity index (χ0n) is 10.6. The summed E-state index contributed by atoms with van der Waals surface area (Å²) in [4.78, 5) is 34.6. The summed E-state index contributed by atoms with van der Waals surface area (Å²) in [6.07, 6.45) is 0. The van der Waals surface area contributed by atoms with Crippen LogP contribution in [0.5, 0.6) is 0 Å². The molecule has 0 unspecified atom stereocenters. The van der Waals surface area contributed by atoms with Gasteiger partial charge in [-0.05, 0) is 12.1 Å². The van der Waals surface area contributed by atoms with E-state index >= 15 is 0 Å². The van der Waals surface area contributed by atoms with E-state index in [4.69, 9.17) is 4.42 Å². The van der Waals surface area contributed by atoms with Crippen molar-refractivity contribution in [1.82, 2.24) is 10.6 Å². The molecule has 0 bridgehead atoms. The molecule has 1 aliphatic heterocycles. The van der Waals surface area contributed by atoms with Gasteiger partial charge in [-0.3, -0.25) is 20.2 Å². The molecule has 0 spiro atoms. The van der Waals surface area contributed by atoms with Crippen molar-refractivity contribution in [3.63, 3.8) is 0 Å². The van der Waals surface area contributed by atoms with Crippen LogP contribution in [0, 0.1) is 0 Å². The lowest BCUT2D eigenvalue weighted by atomic mass is 9.97. The third-order valence-corrected chi connectivity index (χ3v) is 3.13. The number of furan rings is 1. The average Bonchev–Trinajstić information content (AvgIpc) is 2.96. The van der Waals surface area contributed by atoms with Gasteiger partial charge < -0.3 is 9.52 Å². The maximum atomic E-state index is 11.8. The first kappa shape index (κ1) is 13.1. The highest BCUT2D eigenvalue weighted by molar-refractivity contribution is 6.21. The summed E-state index contributed by atoms with van der Waals surface area (Å²) in [5, 5.41) is 13.9. The second kappa shape index (κ2) is 4.57. The van der Waals surface area contributed by atoms with Crippen LogP contribution >= 0.6 is 0 Å². The molecular formula is C14H10N2O5. The molecule has 7 heteroatoms. The van der Waals surface area contributed by atoms with Crippen molar-refractivity contribution in [3.05, 3.63) is 48.2 Å². The molecule has 0 radical (unpaired) electrons. The molecule has 4 amide bonds. The van der Waals surface area contributed by atoms with Crippen molar-refractivity contribution in [2.45, 2.75) is 5.60 Å². The first-order valence-corrected chi connectivity index (χ1v) is 6.07. The highest BCUT2D eigenvalue weighted by Gasteiger charge is 2.53. The maximum absolute atomic E-state index is 11.8. The number of hydrogen-bond acceptors (Lipinski definition) is 5. The van der Waals surface area contributed by atoms with Crippen molar-refractivity contribution in [2.24, 2.45) is 0 Å². The van der Waals surface area contributed by atoms with Gasteiger partial charge in [0.1, 0.15) is 5.76 Å². The molecule has 3 rings (SSSR count). The van der Waals surface area contributed by atoms with Gasteiger partial charge in [-0.15, -0.1) is 0 Å². The van der Waals surface area contributed by atoms with Crippen LogP contribution in [0.1, 0.15) is 5.76 Å². The summed E-state index contributed by atoms with van der Waals surface area (Å²) >= 11 is 0. The third kappa shape index (κ3) is 2.00. The van der Waals surface area contributed by atoms with Crippen LogP contribution in [0.2, 0.25) is 0 Å². The number of urea groups is 1. The summed E-state index contributed by atoms with van der Waals surface area (Å²) < 4.78 is 5.41. The molecule has 1 fully saturated rings. The lowest BCUT2D eigenvalue weighted by Crippen LogP contribution is -2.64. The second-order valence-electron chi connectivity index (χ2n) is 4.48. The number of hydrogen-bond donors (Lipinski definition) is 3. The molecule has 2 heterocycles. The predicted octanol–water partition coefficient (Wildman–Crippen LogP) is 0.500. The highest BCUT2D eigenvalue weighted by atomic mass is 16.4. The summed E-state index contributed by atoms with van der Waals surface area (Å²) in [5.74, 6) is -2.17. The number of aliphatic hydroxyl groups is 1. The Hall–Kier alpha value is -2.93. The van der Waals surface area contributed by atoms with E-state index in [0.717, 1.165) is 5.56 Å². The van der Waals surface area contributed by atoms with Crippen LogP contribution < -0.4 is 10.6 Å². The SMILES string of the molecule is O=C1NC(=O)C(O)(c2ccc(-c3ccccc3)o2)C(=O)N1. The topological polar surface area (TPSA) is 109 Å². The molecule has 1 aromatic carbocycles. The van der Waals surface area contributed by atoms with Gasteiger partial charge in [-0.1, -0.05) is 30.3 Å². The number of benzene rings is 1. The summed E-state index contributed by atoms with van der Waals surface area (Å²) in [5.41, 5.74) is -1.85. The van der Waals surface area contributed by atoms with Gasteiger partial charge in [-0.2, -0.15) is 0 Å². The number of nitrogens with one attached hydrogen (secondary N) is 2. The number of amides is 4. The molecule has 2 aromatic rings. The third-order valence-electron chi connectivity index (χ3n) is 3.13. The van der Waals surface area contributed by atoms with Crippen molar-refractivity contribution in [2.75, 3.05) is 0 Å². The molecule has 106 valence electrons. The number of carbonyl (C=O) groups excluding carboxylic acids is 3. The molecule has 3 N–H and O–H groups in total. The van der Waals surface area contributed by atoms with Crippen molar-refractivity contribution in [3.8, 4) is 11.3 Å². The van der Waals surface area contributed by atoms with E-state index in [9.17, 15) is 19.5 Å². The molecule has 7 nitrogen and oxygen atoms in total. The zero-order chi connectivity index (χ0) is 15.0. The average molecular weight is 286 g/mol. The van der Waals surface area contributed by atoms with E-state index in [2.05, 4.69) is 0 Å². The monoisotopic (exact) mass is 286 g/mol. The van der Waals surface area contributed by atoms with Crippen molar-refractivity contribution in [1.29, 1.82) is 0 Å². The highest BCUT2D eigenvalue weighted by Crippen LogP contribution is 2.30. The van der Waals surface area contributed by atoms with Crippen LogP contribution in [0.4, 0.5) is 4.79 Å². The van der Waals surface area contributed by atoms with E-state index in [1.807, 2.05) is 16.7 Å². The molecular weight excluding hydrogens is 276 g/mol. The Bertz CT molecular complexity index is 715. The number of rotatable bonds is 2. The van der Waals surface area contributed by atoms with Gasteiger partial charge in [0.25, 0.3) is 17.4 Å². The number of carbonyl (C=O) groups is 3. The Morgan fingerprint density at radius 1 is 0.905 bits per heavy atom. The fraction of sp³-hybridized carbons (Fsp3) is 0.0714. The fourth-order valence-electron chi connectivity index (χ4n) is 2.04. The fourth-order valence-corrected chi connectivity index (χ4v) is 2.04. The Morgan fingerprint density at radius 2 is 1.52 bits per heavy atom.